The number of aliphatic carboxylic acids is 1. The third kappa shape index (κ3) is 11.2. The molecule has 0 saturated heterocycles. The van der Waals surface area contributed by atoms with Crippen LogP contribution in [0.4, 0.5) is 4.79 Å². The number of carboxylic acids is 1. The van der Waals surface area contributed by atoms with Crippen molar-refractivity contribution in [3.05, 3.63) is 29.8 Å². The molecule has 1 aromatic rings. The molecule has 33 heavy (non-hydrogen) atoms. The first-order chi connectivity index (χ1) is 15.9. The highest BCUT2D eigenvalue weighted by Gasteiger charge is 2.39. The van der Waals surface area contributed by atoms with Crippen molar-refractivity contribution in [2.45, 2.75) is 33.2 Å². The number of carbonyl (C=O) groups is 2. The molecule has 0 heterocycles. The minimum Gasteiger partial charge on any atom is -0.493 e. The van der Waals surface area contributed by atoms with E-state index in [4.69, 9.17) is 32.6 Å². The number of methoxy groups -OCH3 is 1. The van der Waals surface area contributed by atoms with Gasteiger partial charge in [0.2, 0.25) is 0 Å². The van der Waals surface area contributed by atoms with Crippen molar-refractivity contribution in [3.8, 4) is 11.5 Å². The van der Waals surface area contributed by atoms with Crippen LogP contribution in [0.1, 0.15) is 32.8 Å². The Hall–Kier alpha value is -2.60. The van der Waals surface area contributed by atoms with Gasteiger partial charge in [-0.25, -0.2) is 9.59 Å². The second-order valence-corrected chi connectivity index (χ2v) is 9.31. The summed E-state index contributed by atoms with van der Waals surface area (Å²) in [5.41, 5.74) is 0.655. The summed E-state index contributed by atoms with van der Waals surface area (Å²) in [7, 11) is -1.23. The maximum atomic E-state index is 11.9. The van der Waals surface area contributed by atoms with Crippen LogP contribution in [0, 0.1) is 0 Å². The Bertz CT molecular complexity index is 740. The van der Waals surface area contributed by atoms with Crippen LogP contribution in [0.25, 0.3) is 6.08 Å². The molecule has 0 aliphatic heterocycles. The Morgan fingerprint density at radius 1 is 1.03 bits per heavy atom. The first-order valence-corrected chi connectivity index (χ1v) is 12.9. The number of alkyl carbamates (subject to hydrolysis) is 1. The summed E-state index contributed by atoms with van der Waals surface area (Å²) in [6.45, 7) is 7.81. The van der Waals surface area contributed by atoms with E-state index in [0.29, 0.717) is 55.9 Å². The number of nitrogens with one attached hydrogen (secondary N) is 1. The number of amides is 1. The van der Waals surface area contributed by atoms with E-state index in [-0.39, 0.29) is 13.2 Å². The first-order valence-electron chi connectivity index (χ1n) is 10.9. The maximum absolute atomic E-state index is 11.9. The summed E-state index contributed by atoms with van der Waals surface area (Å²) in [5.74, 6) is -0.139. The lowest BCUT2D eigenvalue weighted by atomic mass is 10.2. The van der Waals surface area contributed by atoms with E-state index >= 15 is 0 Å². The minimum absolute atomic E-state index is 0.0468. The van der Waals surface area contributed by atoms with Crippen molar-refractivity contribution in [1.82, 2.24) is 5.32 Å². The number of hydrogen-bond acceptors (Lipinski definition) is 8. The van der Waals surface area contributed by atoms with Crippen LogP contribution >= 0.6 is 0 Å². The number of ether oxygens (including phenoxy) is 3. The second kappa shape index (κ2) is 16.1. The van der Waals surface area contributed by atoms with Gasteiger partial charge in [-0.3, -0.25) is 0 Å². The molecule has 2 N–H and O–H groups in total. The smallest absolute Gasteiger partial charge is 0.493 e. The van der Waals surface area contributed by atoms with Crippen molar-refractivity contribution in [2.24, 2.45) is 0 Å². The molecule has 186 valence electrons. The second-order valence-electron chi connectivity index (χ2n) is 6.58. The van der Waals surface area contributed by atoms with Gasteiger partial charge in [0.05, 0.1) is 7.11 Å². The number of rotatable bonds is 17. The standard InChI is InChI=1S/C22H35NO9Si/c1-5-30-33(31-6-2,32-7-3)16-8-13-23-22(26)29-15-14-28-19-11-9-18(10-12-21(24)25)17-20(19)27-4/h9-12,17H,5-8,13-16H2,1-4H3,(H,23,26)(H,24,25). The first kappa shape index (κ1) is 28.4. The van der Waals surface area contributed by atoms with Crippen LogP contribution in [0.5, 0.6) is 11.5 Å². The van der Waals surface area contributed by atoms with Crippen molar-refractivity contribution in [3.63, 3.8) is 0 Å². The average molecular weight is 486 g/mol. The Morgan fingerprint density at radius 2 is 1.70 bits per heavy atom. The van der Waals surface area contributed by atoms with Gasteiger partial charge in [-0.05, 0) is 51.0 Å². The third-order valence-corrected chi connectivity index (χ3v) is 7.35. The van der Waals surface area contributed by atoms with Gasteiger partial charge in [-0.1, -0.05) is 6.07 Å². The summed E-state index contributed by atoms with van der Waals surface area (Å²) >= 11 is 0. The molecule has 1 aromatic carbocycles. The quantitative estimate of drug-likeness (QED) is 0.194. The van der Waals surface area contributed by atoms with Gasteiger partial charge >= 0.3 is 20.9 Å². The van der Waals surface area contributed by atoms with Gasteiger partial charge in [0.25, 0.3) is 0 Å². The van der Waals surface area contributed by atoms with Crippen LogP contribution < -0.4 is 14.8 Å². The van der Waals surface area contributed by atoms with E-state index in [1.54, 1.807) is 18.2 Å². The van der Waals surface area contributed by atoms with E-state index in [1.165, 1.54) is 13.2 Å². The highest BCUT2D eigenvalue weighted by atomic mass is 28.4. The van der Waals surface area contributed by atoms with E-state index in [1.807, 2.05) is 20.8 Å². The normalized spacial score (nSPS) is 11.4. The predicted molar refractivity (Wildman–Crippen MR) is 125 cm³/mol. The maximum Gasteiger partial charge on any atom is 0.500 e. The molecule has 11 heteroatoms. The lowest BCUT2D eigenvalue weighted by Crippen LogP contribution is -2.46. The average Bonchev–Trinajstić information content (AvgIpc) is 2.79. The molecular weight excluding hydrogens is 450 g/mol. The molecule has 0 atom stereocenters. The SMILES string of the molecule is CCO[Si](CCCNC(=O)OCCOc1ccc(C=CC(=O)O)cc1OC)(OCC)OCC. The predicted octanol–water partition coefficient (Wildman–Crippen LogP) is 3.34. The Morgan fingerprint density at radius 3 is 2.27 bits per heavy atom. The fraction of sp³-hybridized carbons (Fsp3) is 0.545. The summed E-state index contributed by atoms with van der Waals surface area (Å²) in [5, 5.41) is 11.4. The van der Waals surface area contributed by atoms with E-state index in [0.717, 1.165) is 6.08 Å². The number of carboxylic acid groups (broad SMARTS) is 1. The van der Waals surface area contributed by atoms with E-state index in [9.17, 15) is 9.59 Å². The highest BCUT2D eigenvalue weighted by molar-refractivity contribution is 6.60. The van der Waals surface area contributed by atoms with Crippen molar-refractivity contribution in [2.75, 3.05) is 46.7 Å². The van der Waals surface area contributed by atoms with Crippen LogP contribution in [0.2, 0.25) is 6.04 Å². The monoisotopic (exact) mass is 485 g/mol. The molecule has 0 fully saturated rings. The molecule has 10 nitrogen and oxygen atoms in total. The van der Waals surface area contributed by atoms with Crippen LogP contribution in [-0.2, 0) is 22.8 Å². The Kier molecular flexibility index (Phi) is 13.9. The fourth-order valence-corrected chi connectivity index (χ4v) is 5.52. The molecule has 0 aromatic heterocycles. The molecule has 0 spiro atoms. The van der Waals surface area contributed by atoms with Crippen molar-refractivity contribution >= 4 is 26.9 Å². The van der Waals surface area contributed by atoms with Gasteiger partial charge in [0.1, 0.15) is 13.2 Å². The molecule has 0 bridgehead atoms. The van der Waals surface area contributed by atoms with Crippen molar-refractivity contribution < 1.29 is 42.2 Å². The highest BCUT2D eigenvalue weighted by Crippen LogP contribution is 2.28. The lowest BCUT2D eigenvalue weighted by Gasteiger charge is -2.28. The van der Waals surface area contributed by atoms with Gasteiger partial charge in [-0.15, -0.1) is 0 Å². The Balaban J connectivity index is 2.38. The summed E-state index contributed by atoms with van der Waals surface area (Å²) < 4.78 is 33.3. The van der Waals surface area contributed by atoms with Gasteiger partial charge in [0.15, 0.2) is 11.5 Å². The zero-order chi connectivity index (χ0) is 24.5. The largest absolute Gasteiger partial charge is 0.500 e. The topological polar surface area (TPSA) is 122 Å². The number of hydrogen-bond donors (Lipinski definition) is 2. The van der Waals surface area contributed by atoms with Crippen LogP contribution in [-0.4, -0.2) is 72.7 Å². The number of benzene rings is 1. The fourth-order valence-electron chi connectivity index (χ4n) is 2.91. The van der Waals surface area contributed by atoms with Crippen molar-refractivity contribution in [1.29, 1.82) is 0 Å². The van der Waals surface area contributed by atoms with Gasteiger partial charge in [0, 0.05) is 38.5 Å². The molecule has 0 aliphatic rings. The summed E-state index contributed by atoms with van der Waals surface area (Å²) in [4.78, 5) is 22.5. The van der Waals surface area contributed by atoms with Crippen LogP contribution in [0.15, 0.2) is 24.3 Å². The lowest BCUT2D eigenvalue weighted by molar-refractivity contribution is -0.131. The molecule has 0 radical (unpaired) electrons. The summed E-state index contributed by atoms with van der Waals surface area (Å²) in [6.07, 6.45) is 2.58. The summed E-state index contributed by atoms with van der Waals surface area (Å²) in [6, 6.07) is 5.61. The van der Waals surface area contributed by atoms with Gasteiger partial charge < -0.3 is 37.9 Å². The molecule has 0 unspecified atom stereocenters. The molecule has 1 amide bonds. The molecule has 1 rings (SSSR count). The molecular formula is C22H35NO9Si. The zero-order valence-corrected chi connectivity index (χ0v) is 20.8. The van der Waals surface area contributed by atoms with Crippen LogP contribution in [0.3, 0.4) is 0 Å². The molecule has 0 aliphatic carbocycles. The third-order valence-electron chi connectivity index (χ3n) is 4.20. The zero-order valence-electron chi connectivity index (χ0n) is 19.8. The van der Waals surface area contributed by atoms with E-state index in [2.05, 4.69) is 5.32 Å². The Labute approximate surface area is 196 Å². The van der Waals surface area contributed by atoms with E-state index < -0.39 is 20.9 Å². The molecule has 0 saturated carbocycles. The van der Waals surface area contributed by atoms with Gasteiger partial charge in [-0.2, -0.15) is 0 Å². The number of carbonyl (C=O) groups excluding carboxylic acids is 1. The minimum atomic E-state index is -2.72.